The number of aromatic nitrogens is 4. The van der Waals surface area contributed by atoms with E-state index >= 15 is 0 Å². The lowest BCUT2D eigenvalue weighted by Gasteiger charge is -2.14. The van der Waals surface area contributed by atoms with E-state index in [1.807, 2.05) is 67.6 Å². The van der Waals surface area contributed by atoms with Gasteiger partial charge in [-0.2, -0.15) is 9.61 Å². The highest BCUT2D eigenvalue weighted by molar-refractivity contribution is 7.16. The van der Waals surface area contributed by atoms with Crippen LogP contribution < -0.4 is 10.3 Å². The molecule has 2 aromatic carbocycles. The third-order valence-electron chi connectivity index (χ3n) is 3.92. The Bertz CT molecular complexity index is 1080. The van der Waals surface area contributed by atoms with Crippen molar-refractivity contribution in [3.8, 4) is 17.0 Å². The predicted molar refractivity (Wildman–Crippen MR) is 100 cm³/mol. The molecule has 1 unspecified atom stereocenters. The molecule has 0 saturated carbocycles. The van der Waals surface area contributed by atoms with Crippen molar-refractivity contribution in [1.82, 2.24) is 19.8 Å². The molecule has 0 fully saturated rings. The van der Waals surface area contributed by atoms with E-state index < -0.39 is 0 Å². The minimum atomic E-state index is -0.279. The molecular formula is C19H16N4O2S. The smallest absolute Gasteiger partial charge is 0.302 e. The van der Waals surface area contributed by atoms with Gasteiger partial charge in [0.15, 0.2) is 16.8 Å². The summed E-state index contributed by atoms with van der Waals surface area (Å²) in [5.41, 5.74) is 0.733. The second kappa shape index (κ2) is 7.05. The van der Waals surface area contributed by atoms with E-state index in [4.69, 9.17) is 4.74 Å². The van der Waals surface area contributed by atoms with Crippen LogP contribution in [0.4, 0.5) is 0 Å². The van der Waals surface area contributed by atoms with Crippen molar-refractivity contribution < 1.29 is 4.74 Å². The molecule has 0 aliphatic heterocycles. The Kier molecular flexibility index (Phi) is 4.45. The van der Waals surface area contributed by atoms with Gasteiger partial charge in [0.2, 0.25) is 4.96 Å². The molecule has 1 atom stereocenters. The third kappa shape index (κ3) is 3.09. The van der Waals surface area contributed by atoms with Crippen LogP contribution in [0.5, 0.6) is 5.75 Å². The molecule has 7 heteroatoms. The van der Waals surface area contributed by atoms with E-state index in [0.29, 0.717) is 9.97 Å². The van der Waals surface area contributed by atoms with E-state index in [1.54, 1.807) is 0 Å². The second-order valence-electron chi connectivity index (χ2n) is 5.68. The quantitative estimate of drug-likeness (QED) is 0.539. The molecule has 0 amide bonds. The molecule has 4 rings (SSSR count). The van der Waals surface area contributed by atoms with Gasteiger partial charge in [-0.15, -0.1) is 10.2 Å². The summed E-state index contributed by atoms with van der Waals surface area (Å²) in [7, 11) is 0. The summed E-state index contributed by atoms with van der Waals surface area (Å²) < 4.78 is 7.33. The molecule has 130 valence electrons. The standard InChI is InChI=1S/C19H16N4O2S/c1-2-15(25-14-11-7-4-8-12-14)17-22-23-18(24)16(20-21-19(23)26-17)13-9-5-3-6-10-13/h3-12,15H,2H2,1H3. The zero-order valence-electron chi connectivity index (χ0n) is 14.1. The van der Waals surface area contributed by atoms with Crippen molar-refractivity contribution in [2.75, 3.05) is 0 Å². The SMILES string of the molecule is CCC(Oc1ccccc1)c1nn2c(=O)c(-c3ccccc3)nnc2s1. The minimum absolute atomic E-state index is 0.247. The van der Waals surface area contributed by atoms with E-state index in [0.717, 1.165) is 17.7 Å². The van der Waals surface area contributed by atoms with Gasteiger partial charge in [0.25, 0.3) is 0 Å². The Hall–Kier alpha value is -3.06. The first kappa shape index (κ1) is 16.4. The van der Waals surface area contributed by atoms with Gasteiger partial charge in [-0.05, 0) is 18.6 Å². The summed E-state index contributed by atoms with van der Waals surface area (Å²) in [6.07, 6.45) is 0.478. The Labute approximate surface area is 153 Å². The summed E-state index contributed by atoms with van der Waals surface area (Å²) in [6.45, 7) is 2.02. The van der Waals surface area contributed by atoms with Crippen LogP contribution in [0.2, 0.25) is 0 Å². The van der Waals surface area contributed by atoms with E-state index in [-0.39, 0.29) is 17.4 Å². The summed E-state index contributed by atoms with van der Waals surface area (Å²) in [5.74, 6) is 0.766. The second-order valence-corrected chi connectivity index (χ2v) is 6.67. The van der Waals surface area contributed by atoms with Crippen LogP contribution in [0.15, 0.2) is 65.5 Å². The Morgan fingerprint density at radius 3 is 2.42 bits per heavy atom. The number of hydrogen-bond acceptors (Lipinski definition) is 6. The average molecular weight is 364 g/mol. The highest BCUT2D eigenvalue weighted by Gasteiger charge is 2.20. The number of para-hydroxylation sites is 1. The third-order valence-corrected chi connectivity index (χ3v) is 4.91. The van der Waals surface area contributed by atoms with Gasteiger partial charge < -0.3 is 4.74 Å². The molecule has 0 radical (unpaired) electrons. The van der Waals surface area contributed by atoms with Gasteiger partial charge in [-0.1, -0.05) is 66.8 Å². The number of fused-ring (bicyclic) bond motifs is 1. The van der Waals surface area contributed by atoms with Crippen LogP contribution in [0.3, 0.4) is 0 Å². The normalized spacial score (nSPS) is 12.2. The number of benzene rings is 2. The maximum atomic E-state index is 12.8. The first-order valence-electron chi connectivity index (χ1n) is 8.30. The van der Waals surface area contributed by atoms with Gasteiger partial charge in [0.1, 0.15) is 5.75 Å². The lowest BCUT2D eigenvalue weighted by Crippen LogP contribution is -2.19. The van der Waals surface area contributed by atoms with Crippen LogP contribution in [0, 0.1) is 0 Å². The van der Waals surface area contributed by atoms with Gasteiger partial charge in [-0.3, -0.25) is 4.79 Å². The van der Waals surface area contributed by atoms with E-state index in [1.165, 1.54) is 15.9 Å². The molecule has 0 bridgehead atoms. The summed E-state index contributed by atoms with van der Waals surface area (Å²) in [6, 6.07) is 18.8. The van der Waals surface area contributed by atoms with E-state index in [2.05, 4.69) is 15.3 Å². The zero-order chi connectivity index (χ0) is 17.9. The molecular weight excluding hydrogens is 348 g/mol. The molecule has 4 aromatic rings. The fourth-order valence-electron chi connectivity index (χ4n) is 2.61. The highest BCUT2D eigenvalue weighted by atomic mass is 32.1. The van der Waals surface area contributed by atoms with Gasteiger partial charge >= 0.3 is 5.56 Å². The molecule has 26 heavy (non-hydrogen) atoms. The molecule has 0 N–H and O–H groups in total. The lowest BCUT2D eigenvalue weighted by molar-refractivity contribution is 0.199. The molecule has 0 aliphatic rings. The van der Waals surface area contributed by atoms with Gasteiger partial charge in [-0.25, -0.2) is 0 Å². The number of rotatable bonds is 5. The minimum Gasteiger partial charge on any atom is -0.483 e. The molecule has 2 aromatic heterocycles. The Balaban J connectivity index is 1.73. The highest BCUT2D eigenvalue weighted by Crippen LogP contribution is 2.27. The van der Waals surface area contributed by atoms with Crippen LogP contribution >= 0.6 is 11.3 Å². The van der Waals surface area contributed by atoms with Crippen molar-refractivity contribution in [3.63, 3.8) is 0 Å². The monoisotopic (exact) mass is 364 g/mol. The average Bonchev–Trinajstić information content (AvgIpc) is 3.13. The topological polar surface area (TPSA) is 69.4 Å². The summed E-state index contributed by atoms with van der Waals surface area (Å²) in [4.78, 5) is 13.2. The van der Waals surface area contributed by atoms with Gasteiger partial charge in [0.05, 0.1) is 0 Å². The maximum absolute atomic E-state index is 12.8. The number of ether oxygens (including phenoxy) is 1. The fraction of sp³-hybridized carbons (Fsp3) is 0.158. The lowest BCUT2D eigenvalue weighted by atomic mass is 10.2. The van der Waals surface area contributed by atoms with Crippen molar-refractivity contribution >= 4 is 16.3 Å². The van der Waals surface area contributed by atoms with Gasteiger partial charge in [0, 0.05) is 5.56 Å². The predicted octanol–water partition coefficient (Wildman–Crippen LogP) is 3.74. The van der Waals surface area contributed by atoms with Crippen LogP contribution in [0.1, 0.15) is 24.5 Å². The van der Waals surface area contributed by atoms with Crippen molar-refractivity contribution in [2.45, 2.75) is 19.4 Å². The largest absolute Gasteiger partial charge is 0.483 e. The maximum Gasteiger partial charge on any atom is 0.302 e. The number of hydrogen-bond donors (Lipinski definition) is 0. The van der Waals surface area contributed by atoms with Crippen LogP contribution in [-0.2, 0) is 0 Å². The first-order valence-corrected chi connectivity index (χ1v) is 9.11. The Morgan fingerprint density at radius 2 is 1.73 bits per heavy atom. The zero-order valence-corrected chi connectivity index (χ0v) is 14.9. The number of nitrogens with zero attached hydrogens (tertiary/aromatic N) is 4. The summed E-state index contributed by atoms with van der Waals surface area (Å²) in [5, 5.41) is 13.4. The first-order chi connectivity index (χ1) is 12.8. The fourth-order valence-corrected chi connectivity index (χ4v) is 3.56. The molecule has 0 spiro atoms. The van der Waals surface area contributed by atoms with Crippen molar-refractivity contribution in [2.24, 2.45) is 0 Å². The molecule has 0 aliphatic carbocycles. The molecule has 0 saturated heterocycles. The molecule has 2 heterocycles. The summed E-state index contributed by atoms with van der Waals surface area (Å²) >= 11 is 1.32. The van der Waals surface area contributed by atoms with Crippen LogP contribution in [-0.4, -0.2) is 19.8 Å². The van der Waals surface area contributed by atoms with Crippen LogP contribution in [0.25, 0.3) is 16.2 Å². The van der Waals surface area contributed by atoms with Crippen molar-refractivity contribution in [1.29, 1.82) is 0 Å². The van der Waals surface area contributed by atoms with Crippen molar-refractivity contribution in [3.05, 3.63) is 76.0 Å². The van der Waals surface area contributed by atoms with E-state index in [9.17, 15) is 4.79 Å². The Morgan fingerprint density at radius 1 is 1.04 bits per heavy atom. The molecule has 6 nitrogen and oxygen atoms in total.